The van der Waals surface area contributed by atoms with E-state index in [1.165, 1.54) is 11.3 Å². The van der Waals surface area contributed by atoms with Crippen molar-refractivity contribution in [1.29, 1.82) is 0 Å². The number of hydrogen-bond donors (Lipinski definition) is 1. The Hall–Kier alpha value is -2.67. The van der Waals surface area contributed by atoms with E-state index in [1.807, 2.05) is 48.9 Å². The molecule has 0 aliphatic carbocycles. The van der Waals surface area contributed by atoms with E-state index >= 15 is 0 Å². The molecular weight excluding hydrogens is 336 g/mol. The fourth-order valence-corrected chi connectivity index (χ4v) is 3.47. The van der Waals surface area contributed by atoms with Crippen LogP contribution in [0.25, 0.3) is 5.69 Å². The van der Waals surface area contributed by atoms with Crippen molar-refractivity contribution in [2.75, 3.05) is 7.11 Å². The van der Waals surface area contributed by atoms with Gasteiger partial charge in [0.25, 0.3) is 11.1 Å². The molecule has 0 radical (unpaired) electrons. The topological polar surface area (TPSA) is 69.0 Å². The predicted molar refractivity (Wildman–Crippen MR) is 97.6 cm³/mol. The van der Waals surface area contributed by atoms with Crippen LogP contribution in [0, 0.1) is 13.8 Å². The predicted octanol–water partition coefficient (Wildman–Crippen LogP) is 3.45. The lowest BCUT2D eigenvalue weighted by atomic mass is 10.1. The van der Waals surface area contributed by atoms with Crippen molar-refractivity contribution in [3.8, 4) is 10.9 Å². The number of rotatable bonds is 5. The Morgan fingerprint density at radius 2 is 2.00 bits per heavy atom. The normalized spacial score (nSPS) is 12.0. The van der Waals surface area contributed by atoms with Crippen molar-refractivity contribution < 1.29 is 9.53 Å². The lowest BCUT2D eigenvalue weighted by molar-refractivity contribution is 0.0943. The molecule has 0 saturated heterocycles. The van der Waals surface area contributed by atoms with E-state index < -0.39 is 0 Å². The minimum absolute atomic E-state index is 0.155. The Labute approximate surface area is 150 Å². The highest BCUT2D eigenvalue weighted by atomic mass is 32.1. The Balaban J connectivity index is 1.80. The van der Waals surface area contributed by atoms with Gasteiger partial charge in [0, 0.05) is 11.3 Å². The summed E-state index contributed by atoms with van der Waals surface area (Å²) in [6.07, 6.45) is 1.80. The Morgan fingerprint density at radius 1 is 1.28 bits per heavy atom. The van der Waals surface area contributed by atoms with Gasteiger partial charge >= 0.3 is 0 Å². The average Bonchev–Trinajstić information content (AvgIpc) is 3.18. The highest BCUT2D eigenvalue weighted by Crippen LogP contribution is 2.26. The largest absolute Gasteiger partial charge is 0.473 e. The third-order valence-corrected chi connectivity index (χ3v) is 5.14. The average molecular weight is 356 g/mol. The van der Waals surface area contributed by atoms with Crippen LogP contribution in [0.15, 0.2) is 36.5 Å². The van der Waals surface area contributed by atoms with Crippen molar-refractivity contribution in [1.82, 2.24) is 20.1 Å². The molecule has 0 bridgehead atoms. The zero-order valence-corrected chi connectivity index (χ0v) is 15.4. The van der Waals surface area contributed by atoms with Gasteiger partial charge in [-0.3, -0.25) is 4.79 Å². The van der Waals surface area contributed by atoms with Crippen LogP contribution in [-0.2, 0) is 0 Å². The monoisotopic (exact) mass is 356 g/mol. The maximum atomic E-state index is 12.5. The summed E-state index contributed by atoms with van der Waals surface area (Å²) in [5, 5.41) is 7.97. The molecule has 6 nitrogen and oxygen atoms in total. The second-order valence-electron chi connectivity index (χ2n) is 5.73. The summed E-state index contributed by atoms with van der Waals surface area (Å²) in [6, 6.07) is 9.75. The zero-order chi connectivity index (χ0) is 18.0. The standard InChI is InChI=1S/C18H20N4O2S/c1-11(20-17(23)16-12(2)21-18(24-4)25-16)15-10-19-22(13(15)3)14-8-6-5-7-9-14/h5-11H,1-4H3,(H,20,23). The van der Waals surface area contributed by atoms with E-state index in [0.29, 0.717) is 15.8 Å². The van der Waals surface area contributed by atoms with Crippen molar-refractivity contribution in [2.45, 2.75) is 26.8 Å². The number of hydrogen-bond acceptors (Lipinski definition) is 5. The molecule has 7 heteroatoms. The summed E-state index contributed by atoms with van der Waals surface area (Å²) in [5.74, 6) is -0.155. The molecule has 1 atom stereocenters. The molecule has 3 rings (SSSR count). The zero-order valence-electron chi connectivity index (χ0n) is 14.6. The summed E-state index contributed by atoms with van der Waals surface area (Å²) in [5.41, 5.74) is 3.64. The van der Waals surface area contributed by atoms with Crippen molar-refractivity contribution in [2.24, 2.45) is 0 Å². The van der Waals surface area contributed by atoms with Crippen LogP contribution >= 0.6 is 11.3 Å². The number of thiazole rings is 1. The molecule has 0 aliphatic rings. The van der Waals surface area contributed by atoms with Crippen molar-refractivity contribution in [3.63, 3.8) is 0 Å². The highest BCUT2D eigenvalue weighted by Gasteiger charge is 2.20. The summed E-state index contributed by atoms with van der Waals surface area (Å²) < 4.78 is 6.97. The molecule has 2 heterocycles. The smallest absolute Gasteiger partial charge is 0.273 e. The summed E-state index contributed by atoms with van der Waals surface area (Å²) >= 11 is 1.24. The third-order valence-electron chi connectivity index (χ3n) is 4.02. The van der Waals surface area contributed by atoms with Crippen LogP contribution in [0.5, 0.6) is 5.19 Å². The van der Waals surface area contributed by atoms with Crippen LogP contribution in [-0.4, -0.2) is 27.8 Å². The molecule has 0 spiro atoms. The number of nitrogens with one attached hydrogen (secondary N) is 1. The lowest BCUT2D eigenvalue weighted by Crippen LogP contribution is -2.26. The number of amides is 1. The van der Waals surface area contributed by atoms with Gasteiger partial charge in [0.15, 0.2) is 0 Å². The van der Waals surface area contributed by atoms with Crippen LogP contribution in [0.2, 0.25) is 0 Å². The van der Waals surface area contributed by atoms with E-state index in [0.717, 1.165) is 16.9 Å². The second-order valence-corrected chi connectivity index (χ2v) is 6.69. The van der Waals surface area contributed by atoms with E-state index in [-0.39, 0.29) is 11.9 Å². The first-order valence-corrected chi connectivity index (χ1v) is 8.75. The Kier molecular flexibility index (Phi) is 4.85. The van der Waals surface area contributed by atoms with Gasteiger partial charge in [0.05, 0.1) is 30.7 Å². The first kappa shape index (κ1) is 17.2. The van der Waals surface area contributed by atoms with Gasteiger partial charge in [-0.15, -0.1) is 0 Å². The number of carbonyl (C=O) groups is 1. The molecule has 0 aliphatic heterocycles. The van der Waals surface area contributed by atoms with Crippen molar-refractivity contribution in [3.05, 3.63) is 58.4 Å². The molecule has 2 aromatic heterocycles. The minimum Gasteiger partial charge on any atom is -0.473 e. The fourth-order valence-electron chi connectivity index (χ4n) is 2.69. The first-order chi connectivity index (χ1) is 12.0. The molecule has 1 N–H and O–H groups in total. The van der Waals surface area contributed by atoms with Crippen LogP contribution in [0.3, 0.4) is 0 Å². The first-order valence-electron chi connectivity index (χ1n) is 7.93. The summed E-state index contributed by atoms with van der Waals surface area (Å²) in [4.78, 5) is 17.3. The summed E-state index contributed by atoms with van der Waals surface area (Å²) in [7, 11) is 1.55. The number of para-hydroxylation sites is 1. The van der Waals surface area contributed by atoms with Gasteiger partial charge in [-0.05, 0) is 32.9 Å². The number of aryl methyl sites for hydroxylation is 1. The van der Waals surface area contributed by atoms with Crippen molar-refractivity contribution >= 4 is 17.2 Å². The molecule has 1 amide bonds. The van der Waals surface area contributed by atoms with Crippen LogP contribution in [0.4, 0.5) is 0 Å². The Bertz CT molecular complexity index is 886. The van der Waals surface area contributed by atoms with E-state index in [9.17, 15) is 4.79 Å². The second kappa shape index (κ2) is 7.06. The molecule has 25 heavy (non-hydrogen) atoms. The molecule has 3 aromatic rings. The van der Waals surface area contributed by atoms with E-state index in [4.69, 9.17) is 4.74 Å². The van der Waals surface area contributed by atoms with E-state index in [1.54, 1.807) is 20.2 Å². The highest BCUT2D eigenvalue weighted by molar-refractivity contribution is 7.15. The van der Waals surface area contributed by atoms with E-state index in [2.05, 4.69) is 15.4 Å². The van der Waals surface area contributed by atoms with Gasteiger partial charge in [0.1, 0.15) is 4.88 Å². The quantitative estimate of drug-likeness (QED) is 0.760. The number of ether oxygens (including phenoxy) is 1. The number of carbonyl (C=O) groups excluding carboxylic acids is 1. The maximum Gasteiger partial charge on any atom is 0.273 e. The third kappa shape index (κ3) is 3.41. The van der Waals surface area contributed by atoms with Gasteiger partial charge in [-0.25, -0.2) is 9.67 Å². The van der Waals surface area contributed by atoms with Gasteiger partial charge < -0.3 is 10.1 Å². The molecular formula is C18H20N4O2S. The minimum atomic E-state index is -0.169. The number of methoxy groups -OCH3 is 1. The number of nitrogens with zero attached hydrogens (tertiary/aromatic N) is 3. The van der Waals surface area contributed by atoms with Gasteiger partial charge in [-0.1, -0.05) is 29.5 Å². The van der Waals surface area contributed by atoms with Gasteiger partial charge in [-0.2, -0.15) is 5.10 Å². The fraction of sp³-hybridized carbons (Fsp3) is 0.278. The number of aromatic nitrogens is 3. The lowest BCUT2D eigenvalue weighted by Gasteiger charge is -2.13. The van der Waals surface area contributed by atoms with Gasteiger partial charge in [0.2, 0.25) is 0 Å². The molecule has 0 saturated carbocycles. The SMILES string of the molecule is COc1nc(C)c(C(=O)NC(C)c2cnn(-c3ccccc3)c2C)s1. The molecule has 130 valence electrons. The molecule has 1 unspecified atom stereocenters. The molecule has 0 fully saturated rings. The number of benzene rings is 1. The maximum absolute atomic E-state index is 12.5. The summed E-state index contributed by atoms with van der Waals surface area (Å²) in [6.45, 7) is 5.75. The van der Waals surface area contributed by atoms with Crippen LogP contribution in [0.1, 0.15) is 39.6 Å². The van der Waals surface area contributed by atoms with Crippen LogP contribution < -0.4 is 10.1 Å². The molecule has 1 aromatic carbocycles. The Morgan fingerprint density at radius 3 is 2.64 bits per heavy atom.